The van der Waals surface area contributed by atoms with Crippen LogP contribution < -0.4 is 5.32 Å². The van der Waals surface area contributed by atoms with E-state index < -0.39 is 6.04 Å². The number of terminal acetylenes is 1. The molecule has 0 aliphatic carbocycles. The molecule has 0 fully saturated rings. The highest BCUT2D eigenvalue weighted by molar-refractivity contribution is 5.96. The lowest BCUT2D eigenvalue weighted by Gasteiger charge is -2.16. The Balaban J connectivity index is 2.61. The standard InChI is InChI=1S/C17H21NO3/c1-4-7-12-21-17(20)15(6-3)18-16(19)14-10-8-13(5-2)9-11-14/h2,8-11,15H,4,6-7,12H2,1,3H3,(H,18,19). The largest absolute Gasteiger partial charge is 0.464 e. The van der Waals surface area contributed by atoms with Gasteiger partial charge in [0, 0.05) is 11.1 Å². The van der Waals surface area contributed by atoms with Gasteiger partial charge in [-0.05, 0) is 37.1 Å². The molecule has 4 nitrogen and oxygen atoms in total. The Bertz CT molecular complexity index is 514. The van der Waals surface area contributed by atoms with Crippen LogP contribution in [-0.4, -0.2) is 24.5 Å². The number of carbonyl (C=O) groups excluding carboxylic acids is 2. The van der Waals surface area contributed by atoms with Gasteiger partial charge in [-0.1, -0.05) is 26.2 Å². The Labute approximate surface area is 125 Å². The summed E-state index contributed by atoms with van der Waals surface area (Å²) >= 11 is 0. The van der Waals surface area contributed by atoms with Crippen LogP contribution in [0.25, 0.3) is 0 Å². The molecular weight excluding hydrogens is 266 g/mol. The van der Waals surface area contributed by atoms with Crippen LogP contribution >= 0.6 is 0 Å². The molecule has 0 aliphatic rings. The van der Waals surface area contributed by atoms with E-state index in [9.17, 15) is 9.59 Å². The molecular formula is C17H21NO3. The molecule has 0 saturated heterocycles. The first-order valence-electron chi connectivity index (χ1n) is 7.16. The molecule has 0 radical (unpaired) electrons. The fourth-order valence-corrected chi connectivity index (χ4v) is 1.70. The van der Waals surface area contributed by atoms with Gasteiger partial charge < -0.3 is 10.1 Å². The number of esters is 1. The number of benzene rings is 1. The van der Waals surface area contributed by atoms with Crippen molar-refractivity contribution in [2.75, 3.05) is 6.61 Å². The van der Waals surface area contributed by atoms with Gasteiger partial charge in [-0.25, -0.2) is 4.79 Å². The predicted molar refractivity (Wildman–Crippen MR) is 81.8 cm³/mol. The van der Waals surface area contributed by atoms with Crippen molar-refractivity contribution in [3.63, 3.8) is 0 Å². The van der Waals surface area contributed by atoms with Gasteiger partial charge in [-0.2, -0.15) is 0 Å². The van der Waals surface area contributed by atoms with Crippen LogP contribution in [-0.2, 0) is 9.53 Å². The summed E-state index contributed by atoms with van der Waals surface area (Å²) in [5, 5.41) is 2.68. The van der Waals surface area contributed by atoms with Crippen LogP contribution in [0.1, 0.15) is 49.0 Å². The minimum atomic E-state index is -0.623. The first-order valence-corrected chi connectivity index (χ1v) is 7.16. The van der Waals surface area contributed by atoms with Crippen LogP contribution in [0.5, 0.6) is 0 Å². The molecule has 0 aliphatic heterocycles. The minimum absolute atomic E-state index is 0.308. The molecule has 1 aromatic carbocycles. The van der Waals surface area contributed by atoms with Crippen molar-refractivity contribution in [2.24, 2.45) is 0 Å². The number of hydrogen-bond donors (Lipinski definition) is 1. The van der Waals surface area contributed by atoms with Crippen molar-refractivity contribution in [1.29, 1.82) is 0 Å². The molecule has 0 saturated carbocycles. The summed E-state index contributed by atoms with van der Waals surface area (Å²) in [4.78, 5) is 23.9. The van der Waals surface area contributed by atoms with Crippen LogP contribution in [0.4, 0.5) is 0 Å². The number of amides is 1. The number of rotatable bonds is 7. The zero-order chi connectivity index (χ0) is 15.7. The van der Waals surface area contributed by atoms with Crippen LogP contribution in [0, 0.1) is 12.3 Å². The number of ether oxygens (including phenoxy) is 1. The van der Waals surface area contributed by atoms with E-state index in [1.54, 1.807) is 24.3 Å². The quantitative estimate of drug-likeness (QED) is 0.476. The maximum absolute atomic E-state index is 12.1. The van der Waals surface area contributed by atoms with Gasteiger partial charge in [0.15, 0.2) is 0 Å². The lowest BCUT2D eigenvalue weighted by molar-refractivity contribution is -0.146. The molecule has 0 bridgehead atoms. The topological polar surface area (TPSA) is 55.4 Å². The minimum Gasteiger partial charge on any atom is -0.464 e. The summed E-state index contributed by atoms with van der Waals surface area (Å²) in [6.45, 7) is 4.23. The summed E-state index contributed by atoms with van der Waals surface area (Å²) in [7, 11) is 0. The van der Waals surface area contributed by atoms with E-state index >= 15 is 0 Å². The summed E-state index contributed by atoms with van der Waals surface area (Å²) in [5.74, 6) is 1.79. The number of nitrogens with one attached hydrogen (secondary N) is 1. The highest BCUT2D eigenvalue weighted by Crippen LogP contribution is 2.05. The first-order chi connectivity index (χ1) is 10.1. The van der Waals surface area contributed by atoms with Crippen LogP contribution in [0.3, 0.4) is 0 Å². The Hall–Kier alpha value is -2.28. The molecule has 21 heavy (non-hydrogen) atoms. The Morgan fingerprint density at radius 2 is 1.95 bits per heavy atom. The summed E-state index contributed by atoms with van der Waals surface area (Å²) in [5.41, 5.74) is 1.17. The third-order valence-electron chi connectivity index (χ3n) is 3.05. The third-order valence-corrected chi connectivity index (χ3v) is 3.05. The average Bonchev–Trinajstić information content (AvgIpc) is 2.52. The second-order valence-corrected chi connectivity index (χ2v) is 4.68. The molecule has 1 aromatic rings. The lowest BCUT2D eigenvalue weighted by atomic mass is 10.1. The second kappa shape index (κ2) is 8.80. The van der Waals surface area contributed by atoms with Crippen molar-refractivity contribution in [1.82, 2.24) is 5.32 Å². The molecule has 1 amide bonds. The maximum Gasteiger partial charge on any atom is 0.328 e. The van der Waals surface area contributed by atoms with Gasteiger partial charge >= 0.3 is 5.97 Å². The molecule has 0 aromatic heterocycles. The normalized spacial score (nSPS) is 11.3. The molecule has 1 unspecified atom stereocenters. The summed E-state index contributed by atoms with van der Waals surface area (Å²) in [6.07, 6.45) is 7.53. The zero-order valence-corrected chi connectivity index (χ0v) is 12.5. The van der Waals surface area contributed by atoms with Gasteiger partial charge in [0.2, 0.25) is 0 Å². The predicted octanol–water partition coefficient (Wildman–Crippen LogP) is 2.52. The van der Waals surface area contributed by atoms with Gasteiger partial charge in [0.1, 0.15) is 6.04 Å². The highest BCUT2D eigenvalue weighted by Gasteiger charge is 2.20. The van der Waals surface area contributed by atoms with Crippen molar-refractivity contribution in [3.05, 3.63) is 35.4 Å². The lowest BCUT2D eigenvalue weighted by Crippen LogP contribution is -2.41. The molecule has 4 heteroatoms. The van der Waals surface area contributed by atoms with E-state index in [1.165, 1.54) is 0 Å². The number of hydrogen-bond acceptors (Lipinski definition) is 3. The SMILES string of the molecule is C#Cc1ccc(C(=O)NC(CC)C(=O)OCCCC)cc1. The second-order valence-electron chi connectivity index (χ2n) is 4.68. The third kappa shape index (κ3) is 5.31. The Morgan fingerprint density at radius 1 is 1.29 bits per heavy atom. The molecule has 1 N–H and O–H groups in total. The monoisotopic (exact) mass is 287 g/mol. The van der Waals surface area contributed by atoms with E-state index in [4.69, 9.17) is 11.2 Å². The Kier molecular flexibility index (Phi) is 7.03. The molecule has 112 valence electrons. The Morgan fingerprint density at radius 3 is 2.48 bits per heavy atom. The maximum atomic E-state index is 12.1. The summed E-state index contributed by atoms with van der Waals surface area (Å²) in [6, 6.07) is 6.03. The van der Waals surface area contributed by atoms with Crippen molar-refractivity contribution >= 4 is 11.9 Å². The smallest absolute Gasteiger partial charge is 0.328 e. The van der Waals surface area contributed by atoms with Gasteiger partial charge in [0.25, 0.3) is 5.91 Å². The van der Waals surface area contributed by atoms with E-state index in [1.807, 2.05) is 13.8 Å². The first kappa shape index (κ1) is 16.8. The fraction of sp³-hybridized carbons (Fsp3) is 0.412. The average molecular weight is 287 g/mol. The van der Waals surface area contributed by atoms with E-state index in [-0.39, 0.29) is 11.9 Å². The fourth-order valence-electron chi connectivity index (χ4n) is 1.70. The molecule has 1 atom stereocenters. The van der Waals surface area contributed by atoms with Gasteiger partial charge in [-0.3, -0.25) is 4.79 Å². The van der Waals surface area contributed by atoms with Crippen molar-refractivity contribution in [3.8, 4) is 12.3 Å². The zero-order valence-electron chi connectivity index (χ0n) is 12.5. The van der Waals surface area contributed by atoms with E-state index in [2.05, 4.69) is 11.2 Å². The highest BCUT2D eigenvalue weighted by atomic mass is 16.5. The molecule has 1 rings (SSSR count). The van der Waals surface area contributed by atoms with Crippen LogP contribution in [0.15, 0.2) is 24.3 Å². The van der Waals surface area contributed by atoms with Crippen molar-refractivity contribution < 1.29 is 14.3 Å². The molecule has 0 heterocycles. The molecule has 0 spiro atoms. The van der Waals surface area contributed by atoms with Crippen molar-refractivity contribution in [2.45, 2.75) is 39.2 Å². The van der Waals surface area contributed by atoms with Gasteiger partial charge in [0.05, 0.1) is 6.61 Å². The van der Waals surface area contributed by atoms with E-state index in [0.29, 0.717) is 24.2 Å². The summed E-state index contributed by atoms with van der Waals surface area (Å²) < 4.78 is 5.13. The number of carbonyl (C=O) groups is 2. The number of unbranched alkanes of at least 4 members (excludes halogenated alkanes) is 1. The van der Waals surface area contributed by atoms with E-state index in [0.717, 1.165) is 12.8 Å². The van der Waals surface area contributed by atoms with Crippen LogP contribution in [0.2, 0.25) is 0 Å². The van der Waals surface area contributed by atoms with Gasteiger partial charge in [-0.15, -0.1) is 6.42 Å².